The summed E-state index contributed by atoms with van der Waals surface area (Å²) in [6.07, 6.45) is 0. The van der Waals surface area contributed by atoms with Crippen LogP contribution >= 0.6 is 23.2 Å². The molecule has 3 nitrogen and oxygen atoms in total. The summed E-state index contributed by atoms with van der Waals surface area (Å²) < 4.78 is 0. The lowest BCUT2D eigenvalue weighted by molar-refractivity contribution is 0.262. The van der Waals surface area contributed by atoms with E-state index in [4.69, 9.17) is 23.2 Å². The maximum absolute atomic E-state index is 11.8. The molecule has 0 atom stereocenters. The first-order valence-electron chi connectivity index (χ1n) is 5.64. The number of carbonyl (C=O) groups excluding carboxylic acids is 1. The fourth-order valence-electron chi connectivity index (χ4n) is 1.56. The van der Waals surface area contributed by atoms with Crippen LogP contribution in [0.4, 0.5) is 16.2 Å². The average Bonchev–Trinajstić information content (AvgIpc) is 2.30. The van der Waals surface area contributed by atoms with E-state index in [1.54, 1.807) is 18.2 Å². The quantitative estimate of drug-likeness (QED) is 0.809. The Bertz CT molecular complexity index is 577. The average molecular weight is 295 g/mol. The standard InChI is InChI=1S/C14H12Cl2N2O/c1-9-2-4-12(5-3-9)17-14(19)18-13-7-10(15)6-11(16)8-13/h2-8H,1H3,(H2,17,18,19). The van der Waals surface area contributed by atoms with Gasteiger partial charge in [0.25, 0.3) is 0 Å². The van der Waals surface area contributed by atoms with E-state index in [1.807, 2.05) is 31.2 Å². The predicted octanol–water partition coefficient (Wildman–Crippen LogP) is 4.95. The van der Waals surface area contributed by atoms with Crippen molar-refractivity contribution in [1.29, 1.82) is 0 Å². The third-order valence-electron chi connectivity index (χ3n) is 2.43. The first-order valence-corrected chi connectivity index (χ1v) is 6.39. The molecule has 2 aromatic carbocycles. The molecule has 0 heterocycles. The van der Waals surface area contributed by atoms with Crippen LogP contribution in [-0.4, -0.2) is 6.03 Å². The number of anilines is 2. The Balaban J connectivity index is 2.03. The van der Waals surface area contributed by atoms with Gasteiger partial charge in [0.1, 0.15) is 0 Å². The van der Waals surface area contributed by atoms with Gasteiger partial charge in [-0.25, -0.2) is 4.79 Å². The molecule has 98 valence electrons. The molecule has 0 aliphatic rings. The van der Waals surface area contributed by atoms with Crippen LogP contribution in [0.25, 0.3) is 0 Å². The molecule has 2 N–H and O–H groups in total. The lowest BCUT2D eigenvalue weighted by atomic mass is 10.2. The molecule has 19 heavy (non-hydrogen) atoms. The molecule has 0 saturated heterocycles. The summed E-state index contributed by atoms with van der Waals surface area (Å²) in [5.74, 6) is 0. The summed E-state index contributed by atoms with van der Waals surface area (Å²) in [5.41, 5.74) is 2.39. The molecule has 0 aliphatic carbocycles. The number of aryl methyl sites for hydroxylation is 1. The number of hydrogen-bond acceptors (Lipinski definition) is 1. The van der Waals surface area contributed by atoms with Crippen molar-refractivity contribution in [3.05, 3.63) is 58.1 Å². The minimum atomic E-state index is -0.345. The molecule has 5 heteroatoms. The maximum Gasteiger partial charge on any atom is 0.323 e. The Hall–Kier alpha value is -1.71. The Labute approximate surface area is 121 Å². The normalized spacial score (nSPS) is 10.1. The van der Waals surface area contributed by atoms with Gasteiger partial charge in [-0.15, -0.1) is 0 Å². The van der Waals surface area contributed by atoms with E-state index in [2.05, 4.69) is 10.6 Å². The Morgan fingerprint density at radius 3 is 2.00 bits per heavy atom. The van der Waals surface area contributed by atoms with Gasteiger partial charge in [-0.2, -0.15) is 0 Å². The lowest BCUT2D eigenvalue weighted by Crippen LogP contribution is -2.19. The maximum atomic E-state index is 11.8. The van der Waals surface area contributed by atoms with Crippen LogP contribution < -0.4 is 10.6 Å². The van der Waals surface area contributed by atoms with Gasteiger partial charge in [-0.05, 0) is 37.3 Å². The van der Waals surface area contributed by atoms with Crippen LogP contribution in [0.2, 0.25) is 10.0 Å². The van der Waals surface area contributed by atoms with Gasteiger partial charge in [0.2, 0.25) is 0 Å². The fourth-order valence-corrected chi connectivity index (χ4v) is 2.08. The number of carbonyl (C=O) groups is 1. The molecule has 2 amide bonds. The number of benzene rings is 2. The monoisotopic (exact) mass is 294 g/mol. The minimum absolute atomic E-state index is 0.345. The zero-order valence-corrected chi connectivity index (χ0v) is 11.7. The van der Waals surface area contributed by atoms with Gasteiger partial charge in [0.05, 0.1) is 0 Å². The van der Waals surface area contributed by atoms with Crippen molar-refractivity contribution >= 4 is 40.6 Å². The highest BCUT2D eigenvalue weighted by Gasteiger charge is 2.04. The second kappa shape index (κ2) is 5.95. The fraction of sp³-hybridized carbons (Fsp3) is 0.0714. The molecule has 0 aliphatic heterocycles. The number of hydrogen-bond donors (Lipinski definition) is 2. The molecular weight excluding hydrogens is 283 g/mol. The topological polar surface area (TPSA) is 41.1 Å². The Morgan fingerprint density at radius 2 is 1.42 bits per heavy atom. The van der Waals surface area contributed by atoms with Gasteiger partial charge in [0.15, 0.2) is 0 Å². The summed E-state index contributed by atoms with van der Waals surface area (Å²) >= 11 is 11.7. The van der Waals surface area contributed by atoms with Gasteiger partial charge in [-0.3, -0.25) is 0 Å². The minimum Gasteiger partial charge on any atom is -0.308 e. The predicted molar refractivity (Wildman–Crippen MR) is 80.3 cm³/mol. The zero-order valence-electron chi connectivity index (χ0n) is 10.2. The highest BCUT2D eigenvalue weighted by molar-refractivity contribution is 6.35. The van der Waals surface area contributed by atoms with Crippen molar-refractivity contribution in [2.75, 3.05) is 10.6 Å². The Kier molecular flexibility index (Phi) is 4.30. The van der Waals surface area contributed by atoms with Crippen LogP contribution in [-0.2, 0) is 0 Å². The van der Waals surface area contributed by atoms with Gasteiger partial charge in [0, 0.05) is 21.4 Å². The van der Waals surface area contributed by atoms with E-state index in [0.29, 0.717) is 15.7 Å². The summed E-state index contributed by atoms with van der Waals surface area (Å²) in [6.45, 7) is 1.98. The Morgan fingerprint density at radius 1 is 0.895 bits per heavy atom. The summed E-state index contributed by atoms with van der Waals surface area (Å²) in [7, 11) is 0. The third kappa shape index (κ3) is 4.16. The van der Waals surface area contributed by atoms with Crippen molar-refractivity contribution in [3.8, 4) is 0 Å². The van der Waals surface area contributed by atoms with E-state index >= 15 is 0 Å². The smallest absolute Gasteiger partial charge is 0.308 e. The lowest BCUT2D eigenvalue weighted by Gasteiger charge is -2.08. The van der Waals surface area contributed by atoms with Crippen molar-refractivity contribution < 1.29 is 4.79 Å². The summed E-state index contributed by atoms with van der Waals surface area (Å²) in [4.78, 5) is 11.8. The van der Waals surface area contributed by atoms with E-state index < -0.39 is 0 Å². The van der Waals surface area contributed by atoms with Crippen LogP contribution in [0, 0.1) is 6.92 Å². The molecule has 2 rings (SSSR count). The summed E-state index contributed by atoms with van der Waals surface area (Å²) in [6, 6.07) is 12.0. The number of rotatable bonds is 2. The van der Waals surface area contributed by atoms with Crippen LogP contribution in [0.1, 0.15) is 5.56 Å². The van der Waals surface area contributed by atoms with Crippen molar-refractivity contribution in [2.24, 2.45) is 0 Å². The van der Waals surface area contributed by atoms with E-state index in [1.165, 1.54) is 0 Å². The zero-order chi connectivity index (χ0) is 13.8. The molecule has 0 aromatic heterocycles. The molecular formula is C14H12Cl2N2O. The molecule has 0 fully saturated rings. The van der Waals surface area contributed by atoms with Crippen LogP contribution in [0.5, 0.6) is 0 Å². The van der Waals surface area contributed by atoms with Gasteiger partial charge >= 0.3 is 6.03 Å². The van der Waals surface area contributed by atoms with Gasteiger partial charge in [-0.1, -0.05) is 40.9 Å². The second-order valence-corrected chi connectivity index (χ2v) is 4.98. The van der Waals surface area contributed by atoms with E-state index in [9.17, 15) is 4.79 Å². The SMILES string of the molecule is Cc1ccc(NC(=O)Nc2cc(Cl)cc(Cl)c2)cc1. The second-order valence-electron chi connectivity index (χ2n) is 4.10. The molecule has 0 saturated carbocycles. The highest BCUT2D eigenvalue weighted by atomic mass is 35.5. The molecule has 0 bridgehead atoms. The number of halogens is 2. The van der Waals surface area contributed by atoms with Crippen molar-refractivity contribution in [2.45, 2.75) is 6.92 Å². The largest absolute Gasteiger partial charge is 0.323 e. The molecule has 0 radical (unpaired) electrons. The van der Waals surface area contributed by atoms with E-state index in [-0.39, 0.29) is 6.03 Å². The summed E-state index contributed by atoms with van der Waals surface area (Å²) in [5, 5.41) is 6.33. The molecule has 0 unspecified atom stereocenters. The van der Waals surface area contributed by atoms with Crippen molar-refractivity contribution in [1.82, 2.24) is 0 Å². The highest BCUT2D eigenvalue weighted by Crippen LogP contribution is 2.22. The van der Waals surface area contributed by atoms with Crippen LogP contribution in [0.15, 0.2) is 42.5 Å². The first kappa shape index (κ1) is 13.7. The molecule has 0 spiro atoms. The van der Waals surface area contributed by atoms with Crippen LogP contribution in [0.3, 0.4) is 0 Å². The number of urea groups is 1. The van der Waals surface area contributed by atoms with Gasteiger partial charge < -0.3 is 10.6 Å². The van der Waals surface area contributed by atoms with Crippen molar-refractivity contribution in [3.63, 3.8) is 0 Å². The molecule has 2 aromatic rings. The number of nitrogens with one attached hydrogen (secondary N) is 2. The number of amides is 2. The van der Waals surface area contributed by atoms with E-state index in [0.717, 1.165) is 11.3 Å². The third-order valence-corrected chi connectivity index (χ3v) is 2.87. The first-order chi connectivity index (χ1) is 9.02.